The first-order valence-corrected chi connectivity index (χ1v) is 5.39. The number of carbonyl (C=O) groups excluding carboxylic acids is 2. The van der Waals surface area contributed by atoms with Crippen LogP contribution < -0.4 is 0 Å². The Morgan fingerprint density at radius 3 is 2.56 bits per heavy atom. The van der Waals surface area contributed by atoms with Gasteiger partial charge in [-0.15, -0.1) is 0 Å². The Kier molecular flexibility index (Phi) is 2.58. The molecule has 0 aromatic carbocycles. The maximum atomic E-state index is 11.8. The fourth-order valence-corrected chi connectivity index (χ4v) is 2.22. The highest BCUT2D eigenvalue weighted by Gasteiger charge is 2.41. The first-order chi connectivity index (χ1) is 7.56. The van der Waals surface area contributed by atoms with Crippen LogP contribution in [0.15, 0.2) is 12.1 Å². The summed E-state index contributed by atoms with van der Waals surface area (Å²) in [4.78, 5) is 22.7. The lowest BCUT2D eigenvalue weighted by Gasteiger charge is -2.18. The summed E-state index contributed by atoms with van der Waals surface area (Å²) < 4.78 is 6.96. The van der Waals surface area contributed by atoms with E-state index >= 15 is 0 Å². The van der Waals surface area contributed by atoms with Crippen molar-refractivity contribution in [2.75, 3.05) is 0 Å². The number of esters is 1. The van der Waals surface area contributed by atoms with Crippen molar-refractivity contribution in [3.8, 4) is 0 Å². The number of aldehydes is 1. The molecular formula is C12H15NO3. The molecule has 1 aromatic heterocycles. The molecule has 0 bridgehead atoms. The van der Waals surface area contributed by atoms with Gasteiger partial charge in [0.2, 0.25) is 0 Å². The van der Waals surface area contributed by atoms with E-state index in [1.165, 1.54) is 0 Å². The van der Waals surface area contributed by atoms with Crippen LogP contribution in [0, 0.1) is 12.8 Å². The van der Waals surface area contributed by atoms with Crippen molar-refractivity contribution < 1.29 is 14.3 Å². The average molecular weight is 221 g/mol. The van der Waals surface area contributed by atoms with Gasteiger partial charge < -0.3 is 9.30 Å². The zero-order chi connectivity index (χ0) is 11.9. The van der Waals surface area contributed by atoms with E-state index in [1.54, 1.807) is 10.6 Å². The minimum atomic E-state index is -0.370. The summed E-state index contributed by atoms with van der Waals surface area (Å²) in [6, 6.07) is 3.20. The van der Waals surface area contributed by atoms with Crippen LogP contribution in [0.3, 0.4) is 0 Å². The molecule has 0 amide bonds. The number of aryl methyl sites for hydroxylation is 1. The molecule has 4 heteroatoms. The predicted octanol–water partition coefficient (Wildman–Crippen LogP) is 1.73. The zero-order valence-electron chi connectivity index (χ0n) is 9.64. The average Bonchev–Trinajstić information content (AvgIpc) is 2.70. The number of hydrogen-bond acceptors (Lipinski definition) is 3. The van der Waals surface area contributed by atoms with Gasteiger partial charge in [0.05, 0.1) is 5.69 Å². The molecule has 1 aromatic rings. The molecule has 2 heterocycles. The Balaban J connectivity index is 2.47. The van der Waals surface area contributed by atoms with Crippen LogP contribution in [0.2, 0.25) is 0 Å². The molecule has 0 radical (unpaired) electrons. The van der Waals surface area contributed by atoms with Gasteiger partial charge in [-0.3, -0.25) is 4.79 Å². The highest BCUT2D eigenvalue weighted by molar-refractivity contribution is 5.80. The molecule has 0 spiro atoms. The molecule has 1 fully saturated rings. The largest absolute Gasteiger partial charge is 0.461 e. The summed E-state index contributed by atoms with van der Waals surface area (Å²) in [6.45, 7) is 5.73. The van der Waals surface area contributed by atoms with Crippen molar-refractivity contribution in [3.05, 3.63) is 23.5 Å². The second kappa shape index (κ2) is 3.77. The Morgan fingerprint density at radius 2 is 2.06 bits per heavy atom. The smallest absolute Gasteiger partial charge is 0.329 e. The van der Waals surface area contributed by atoms with Gasteiger partial charge in [0.25, 0.3) is 0 Å². The van der Waals surface area contributed by atoms with Gasteiger partial charge in [-0.05, 0) is 26.0 Å². The molecule has 0 aliphatic carbocycles. The standard InChI is InChI=1S/C12H15NO3/c1-7-4-5-10(6-14)13(7)11-8(2)9(3)16-12(11)15/h4-6,8-9,11H,1-3H3/t8-,9-,11+/m0/s1. The lowest BCUT2D eigenvalue weighted by Crippen LogP contribution is -2.23. The molecule has 1 saturated heterocycles. The summed E-state index contributed by atoms with van der Waals surface area (Å²) in [5, 5.41) is 0. The summed E-state index contributed by atoms with van der Waals surface area (Å²) in [7, 11) is 0. The number of nitrogens with zero attached hydrogens (tertiary/aromatic N) is 1. The first kappa shape index (κ1) is 10.9. The molecule has 16 heavy (non-hydrogen) atoms. The number of rotatable bonds is 2. The van der Waals surface area contributed by atoms with Crippen LogP contribution in [0.25, 0.3) is 0 Å². The van der Waals surface area contributed by atoms with Gasteiger partial charge in [-0.1, -0.05) is 6.92 Å². The number of hydrogen-bond donors (Lipinski definition) is 0. The van der Waals surface area contributed by atoms with Gasteiger partial charge in [0, 0.05) is 11.6 Å². The van der Waals surface area contributed by atoms with Crippen molar-refractivity contribution >= 4 is 12.3 Å². The third-order valence-corrected chi connectivity index (χ3v) is 3.33. The first-order valence-electron chi connectivity index (χ1n) is 5.39. The van der Waals surface area contributed by atoms with Crippen molar-refractivity contribution in [2.45, 2.75) is 32.9 Å². The molecule has 4 nitrogen and oxygen atoms in total. The molecule has 1 aliphatic rings. The third kappa shape index (κ3) is 1.45. The van der Waals surface area contributed by atoms with Crippen molar-refractivity contribution in [2.24, 2.45) is 5.92 Å². The van der Waals surface area contributed by atoms with E-state index in [-0.39, 0.29) is 24.0 Å². The van der Waals surface area contributed by atoms with Gasteiger partial charge in [0.1, 0.15) is 12.1 Å². The minimum absolute atomic E-state index is 0.0808. The maximum absolute atomic E-state index is 11.8. The molecule has 0 saturated carbocycles. The minimum Gasteiger partial charge on any atom is -0.461 e. The van der Waals surface area contributed by atoms with Crippen molar-refractivity contribution in [3.63, 3.8) is 0 Å². The predicted molar refractivity (Wildman–Crippen MR) is 58.3 cm³/mol. The zero-order valence-corrected chi connectivity index (χ0v) is 9.64. The van der Waals surface area contributed by atoms with E-state index in [1.807, 2.05) is 26.8 Å². The summed E-state index contributed by atoms with van der Waals surface area (Å²) in [6.07, 6.45) is 0.675. The highest BCUT2D eigenvalue weighted by atomic mass is 16.6. The Hall–Kier alpha value is -1.58. The van der Waals surface area contributed by atoms with E-state index in [2.05, 4.69) is 0 Å². The van der Waals surface area contributed by atoms with Crippen molar-refractivity contribution in [1.82, 2.24) is 4.57 Å². The van der Waals surface area contributed by atoms with Gasteiger partial charge >= 0.3 is 5.97 Å². The molecule has 1 aliphatic heterocycles. The van der Waals surface area contributed by atoms with Gasteiger partial charge in [-0.2, -0.15) is 0 Å². The summed E-state index contributed by atoms with van der Waals surface area (Å²) in [5.41, 5.74) is 1.44. The second-order valence-electron chi connectivity index (χ2n) is 4.33. The fraction of sp³-hybridized carbons (Fsp3) is 0.500. The summed E-state index contributed by atoms with van der Waals surface area (Å²) in [5.74, 6) is -0.167. The van der Waals surface area contributed by atoms with Crippen molar-refractivity contribution in [1.29, 1.82) is 0 Å². The van der Waals surface area contributed by atoms with Crippen LogP contribution >= 0.6 is 0 Å². The quantitative estimate of drug-likeness (QED) is 0.564. The molecule has 0 unspecified atom stereocenters. The Morgan fingerprint density at radius 1 is 1.38 bits per heavy atom. The van der Waals surface area contributed by atoms with Gasteiger partial charge in [0.15, 0.2) is 6.29 Å². The lowest BCUT2D eigenvalue weighted by atomic mass is 9.99. The third-order valence-electron chi connectivity index (χ3n) is 3.33. The van der Waals surface area contributed by atoms with E-state index in [4.69, 9.17) is 4.74 Å². The van der Waals surface area contributed by atoms with Crippen LogP contribution in [0.5, 0.6) is 0 Å². The monoisotopic (exact) mass is 221 g/mol. The van der Waals surface area contributed by atoms with Crippen LogP contribution in [-0.2, 0) is 9.53 Å². The molecule has 0 N–H and O–H groups in total. The molecular weight excluding hydrogens is 206 g/mol. The maximum Gasteiger partial charge on any atom is 0.329 e. The Labute approximate surface area is 94.2 Å². The topological polar surface area (TPSA) is 48.3 Å². The van der Waals surface area contributed by atoms with E-state index < -0.39 is 0 Å². The van der Waals surface area contributed by atoms with Crippen LogP contribution in [0.4, 0.5) is 0 Å². The van der Waals surface area contributed by atoms with E-state index in [0.29, 0.717) is 5.69 Å². The van der Waals surface area contributed by atoms with E-state index in [0.717, 1.165) is 12.0 Å². The van der Waals surface area contributed by atoms with Crippen LogP contribution in [0.1, 0.15) is 36.1 Å². The lowest BCUT2D eigenvalue weighted by molar-refractivity contribution is -0.143. The molecule has 86 valence electrons. The highest BCUT2D eigenvalue weighted by Crippen LogP contribution is 2.33. The SMILES string of the molecule is Cc1ccc(C=O)n1[C@H]1C(=O)O[C@@H](C)[C@@H]1C. The van der Waals surface area contributed by atoms with E-state index in [9.17, 15) is 9.59 Å². The number of aromatic nitrogens is 1. The summed E-state index contributed by atoms with van der Waals surface area (Å²) >= 11 is 0. The normalized spacial score (nSPS) is 29.2. The number of carbonyl (C=O) groups is 2. The van der Waals surface area contributed by atoms with Crippen LogP contribution in [-0.4, -0.2) is 22.9 Å². The number of ether oxygens (including phenoxy) is 1. The number of cyclic esters (lactones) is 1. The van der Waals surface area contributed by atoms with Gasteiger partial charge in [-0.25, -0.2) is 4.79 Å². The second-order valence-corrected chi connectivity index (χ2v) is 4.33. The fourth-order valence-electron chi connectivity index (χ4n) is 2.22. The molecule has 2 rings (SSSR count). The molecule has 3 atom stereocenters. The Bertz CT molecular complexity index is 435.